The molecule has 2 aromatic carbocycles. The molecule has 0 aliphatic heterocycles. The van der Waals surface area contributed by atoms with Crippen molar-refractivity contribution in [3.05, 3.63) is 59.2 Å². The average Bonchev–Trinajstić information content (AvgIpc) is 2.85. The molecule has 184 valence electrons. The van der Waals surface area contributed by atoms with Crippen LogP contribution in [0.25, 0.3) is 0 Å². The van der Waals surface area contributed by atoms with Crippen LogP contribution in [0.2, 0.25) is 0 Å². The molecule has 2 aromatic rings. The summed E-state index contributed by atoms with van der Waals surface area (Å²) in [4.78, 5) is 14.1. The third kappa shape index (κ3) is 6.74. The van der Waals surface area contributed by atoms with Gasteiger partial charge in [-0.3, -0.25) is 0 Å². The molecule has 2 rings (SSSR count). The summed E-state index contributed by atoms with van der Waals surface area (Å²) in [7, 11) is 5.33. The predicted molar refractivity (Wildman–Crippen MR) is 135 cm³/mol. The summed E-state index contributed by atoms with van der Waals surface area (Å²) in [6.07, 6.45) is 2.55. The van der Waals surface area contributed by atoms with Crippen molar-refractivity contribution in [3.8, 4) is 17.6 Å². The summed E-state index contributed by atoms with van der Waals surface area (Å²) in [6, 6.07) is 16.0. The van der Waals surface area contributed by atoms with E-state index in [2.05, 4.69) is 31.9 Å². The molecule has 0 heterocycles. The molecule has 0 saturated carbocycles. The fourth-order valence-corrected chi connectivity index (χ4v) is 4.21. The number of esters is 1. The molecule has 0 N–H and O–H groups in total. The van der Waals surface area contributed by atoms with E-state index in [1.54, 1.807) is 21.1 Å². The molecule has 0 fully saturated rings. The zero-order chi connectivity index (χ0) is 25.1. The van der Waals surface area contributed by atoms with Gasteiger partial charge in [0.15, 0.2) is 11.5 Å². The highest BCUT2D eigenvalue weighted by molar-refractivity contribution is 5.89. The van der Waals surface area contributed by atoms with Crippen molar-refractivity contribution in [1.29, 1.82) is 5.26 Å². The summed E-state index contributed by atoms with van der Waals surface area (Å²) < 4.78 is 15.9. The van der Waals surface area contributed by atoms with Crippen LogP contribution in [0, 0.1) is 17.2 Å². The van der Waals surface area contributed by atoms with Gasteiger partial charge in [0.05, 0.1) is 37.9 Å². The quantitative estimate of drug-likeness (QED) is 0.375. The zero-order valence-corrected chi connectivity index (χ0v) is 21.4. The first-order valence-corrected chi connectivity index (χ1v) is 11.9. The summed E-state index contributed by atoms with van der Waals surface area (Å²) in [5.74, 6) is 1.17. The van der Waals surface area contributed by atoms with Gasteiger partial charge < -0.3 is 19.1 Å². The van der Waals surface area contributed by atoms with Gasteiger partial charge in [0.2, 0.25) is 0 Å². The van der Waals surface area contributed by atoms with Crippen LogP contribution in [0.5, 0.6) is 11.5 Å². The Kier molecular flexibility index (Phi) is 10.4. The van der Waals surface area contributed by atoms with Gasteiger partial charge >= 0.3 is 5.97 Å². The normalized spacial score (nSPS) is 12.8. The monoisotopic (exact) mass is 466 g/mol. The Bertz CT molecular complexity index is 965. The molecule has 0 saturated heterocycles. The van der Waals surface area contributed by atoms with Gasteiger partial charge in [-0.15, -0.1) is 0 Å². The number of likely N-dealkylation sites (N-methyl/N-ethyl adjacent to an activating group) is 1. The molecule has 0 bridgehead atoms. The lowest BCUT2D eigenvalue weighted by Gasteiger charge is -2.32. The summed E-state index contributed by atoms with van der Waals surface area (Å²) >= 11 is 0. The third-order valence-electron chi connectivity index (χ3n) is 6.44. The number of nitrogens with zero attached hydrogens (tertiary/aromatic N) is 2. The molecule has 34 heavy (non-hydrogen) atoms. The Labute approximate surface area is 204 Å². The number of rotatable bonds is 13. The Hall–Kier alpha value is -3.04. The van der Waals surface area contributed by atoms with Gasteiger partial charge in [-0.25, -0.2) is 4.79 Å². The molecule has 0 spiro atoms. The van der Waals surface area contributed by atoms with Crippen LogP contribution >= 0.6 is 0 Å². The Balaban J connectivity index is 1.97. The second kappa shape index (κ2) is 13.0. The molecule has 0 aliphatic rings. The number of nitriles is 1. The van der Waals surface area contributed by atoms with Crippen LogP contribution in [-0.2, 0) is 16.6 Å². The molecular formula is C28H38N2O4. The number of carbonyl (C=O) groups excluding carboxylic acids is 1. The Morgan fingerprint density at radius 3 is 2.29 bits per heavy atom. The maximum absolute atomic E-state index is 11.8. The van der Waals surface area contributed by atoms with Crippen molar-refractivity contribution in [2.75, 3.05) is 41.0 Å². The van der Waals surface area contributed by atoms with Gasteiger partial charge in [-0.2, -0.15) is 5.26 Å². The topological polar surface area (TPSA) is 71.8 Å². The molecular weight excluding hydrogens is 428 g/mol. The minimum Gasteiger partial charge on any atom is -0.493 e. The first kappa shape index (κ1) is 27.2. The lowest BCUT2D eigenvalue weighted by Crippen LogP contribution is -2.32. The van der Waals surface area contributed by atoms with E-state index in [0.29, 0.717) is 23.7 Å². The standard InChI is InChI=1S/C28H38N2O4/c1-7-34-27(31)23-11-9-22(10-12-23)15-18-30(4)17-8-16-28(20-29,21(2)3)24-13-14-25(32-5)26(19-24)33-6/h9-14,19,21H,7-8,15-18H2,1-6H3. The number of methoxy groups -OCH3 is 2. The molecule has 0 amide bonds. The van der Waals surface area contributed by atoms with E-state index in [1.165, 1.54) is 5.56 Å². The number of ether oxygens (including phenoxy) is 3. The first-order chi connectivity index (χ1) is 16.3. The molecule has 6 nitrogen and oxygen atoms in total. The fraction of sp³-hybridized carbons (Fsp3) is 0.500. The fourth-order valence-electron chi connectivity index (χ4n) is 4.21. The van der Waals surface area contributed by atoms with Crippen molar-refractivity contribution < 1.29 is 19.0 Å². The Morgan fingerprint density at radius 1 is 1.06 bits per heavy atom. The van der Waals surface area contributed by atoms with Crippen LogP contribution in [0.15, 0.2) is 42.5 Å². The van der Waals surface area contributed by atoms with Gasteiger partial charge in [0.1, 0.15) is 0 Å². The minimum absolute atomic E-state index is 0.152. The predicted octanol–water partition coefficient (Wildman–Crippen LogP) is 5.25. The van der Waals surface area contributed by atoms with E-state index < -0.39 is 5.41 Å². The van der Waals surface area contributed by atoms with E-state index in [-0.39, 0.29) is 11.9 Å². The smallest absolute Gasteiger partial charge is 0.338 e. The highest BCUT2D eigenvalue weighted by Gasteiger charge is 2.36. The highest BCUT2D eigenvalue weighted by Crippen LogP contribution is 2.40. The number of carbonyl (C=O) groups is 1. The van der Waals surface area contributed by atoms with Crippen molar-refractivity contribution in [1.82, 2.24) is 4.90 Å². The maximum atomic E-state index is 11.8. The summed E-state index contributed by atoms with van der Waals surface area (Å²) in [5, 5.41) is 10.2. The number of hydrogen-bond donors (Lipinski definition) is 0. The van der Waals surface area contributed by atoms with Crippen LogP contribution in [0.3, 0.4) is 0 Å². The second-order valence-electron chi connectivity index (χ2n) is 8.88. The maximum Gasteiger partial charge on any atom is 0.338 e. The van der Waals surface area contributed by atoms with Crippen LogP contribution in [0.4, 0.5) is 0 Å². The van der Waals surface area contributed by atoms with E-state index in [4.69, 9.17) is 14.2 Å². The summed E-state index contributed by atoms with van der Waals surface area (Å²) in [6.45, 7) is 8.17. The Morgan fingerprint density at radius 2 is 1.74 bits per heavy atom. The van der Waals surface area contributed by atoms with E-state index >= 15 is 0 Å². The van der Waals surface area contributed by atoms with Crippen molar-refractivity contribution in [3.63, 3.8) is 0 Å². The molecule has 6 heteroatoms. The minimum atomic E-state index is -0.594. The SMILES string of the molecule is CCOC(=O)c1ccc(CCN(C)CCCC(C#N)(c2ccc(OC)c(OC)c2)C(C)C)cc1. The first-order valence-electron chi connectivity index (χ1n) is 11.9. The summed E-state index contributed by atoms with van der Waals surface area (Å²) in [5.41, 5.74) is 2.13. The molecule has 0 aliphatic carbocycles. The van der Waals surface area contributed by atoms with Crippen LogP contribution in [0.1, 0.15) is 55.1 Å². The molecule has 1 unspecified atom stereocenters. The second-order valence-corrected chi connectivity index (χ2v) is 8.88. The van der Waals surface area contributed by atoms with Gasteiger partial charge in [-0.1, -0.05) is 32.0 Å². The van der Waals surface area contributed by atoms with Crippen LogP contribution in [-0.4, -0.2) is 51.8 Å². The lowest BCUT2D eigenvalue weighted by atomic mass is 9.69. The number of hydrogen-bond acceptors (Lipinski definition) is 6. The van der Waals surface area contributed by atoms with Crippen molar-refractivity contribution in [2.24, 2.45) is 5.92 Å². The lowest BCUT2D eigenvalue weighted by molar-refractivity contribution is 0.0526. The highest BCUT2D eigenvalue weighted by atomic mass is 16.5. The average molecular weight is 467 g/mol. The van der Waals surface area contributed by atoms with Gasteiger partial charge in [0, 0.05) is 6.54 Å². The van der Waals surface area contributed by atoms with Crippen LogP contribution < -0.4 is 9.47 Å². The largest absolute Gasteiger partial charge is 0.493 e. The van der Waals surface area contributed by atoms with E-state index in [1.807, 2.05) is 42.5 Å². The van der Waals surface area contributed by atoms with E-state index in [9.17, 15) is 10.1 Å². The molecule has 1 atom stereocenters. The van der Waals surface area contributed by atoms with Gasteiger partial charge in [0.25, 0.3) is 0 Å². The van der Waals surface area contributed by atoms with Gasteiger partial charge in [-0.05, 0) is 81.1 Å². The molecule has 0 aromatic heterocycles. The third-order valence-corrected chi connectivity index (χ3v) is 6.44. The van der Waals surface area contributed by atoms with E-state index in [0.717, 1.165) is 37.9 Å². The zero-order valence-electron chi connectivity index (χ0n) is 21.4. The van der Waals surface area contributed by atoms with Crippen molar-refractivity contribution in [2.45, 2.75) is 45.4 Å². The molecule has 0 radical (unpaired) electrons. The number of benzene rings is 2. The van der Waals surface area contributed by atoms with Crippen molar-refractivity contribution >= 4 is 5.97 Å².